The average molecular weight is 410 g/mol. The Morgan fingerprint density at radius 1 is 1.04 bits per heavy atom. The van der Waals surface area contributed by atoms with E-state index in [1.807, 2.05) is 0 Å². The van der Waals surface area contributed by atoms with Crippen LogP contribution >= 0.6 is 12.4 Å². The topological polar surface area (TPSA) is 89.9 Å². The van der Waals surface area contributed by atoms with E-state index in [-0.39, 0.29) is 30.4 Å². The second kappa shape index (κ2) is 9.56. The Labute approximate surface area is 159 Å². The van der Waals surface area contributed by atoms with Crippen LogP contribution in [-0.4, -0.2) is 72.0 Å². The molecule has 1 fully saturated rings. The van der Waals surface area contributed by atoms with Crippen molar-refractivity contribution in [1.82, 2.24) is 15.1 Å². The average Bonchev–Trinajstić information content (AvgIpc) is 2.59. The summed E-state index contributed by atoms with van der Waals surface area (Å²) in [6.45, 7) is 1.04. The van der Waals surface area contributed by atoms with Gasteiger partial charge in [0.05, 0.1) is 12.1 Å². The van der Waals surface area contributed by atoms with Gasteiger partial charge in [0, 0.05) is 31.7 Å². The number of carbonyl (C=O) groups is 3. The molecule has 0 saturated carbocycles. The van der Waals surface area contributed by atoms with E-state index >= 15 is 0 Å². The van der Waals surface area contributed by atoms with E-state index in [9.17, 15) is 27.6 Å². The van der Waals surface area contributed by atoms with Crippen molar-refractivity contribution in [3.63, 3.8) is 0 Å². The van der Waals surface area contributed by atoms with Gasteiger partial charge in [0.1, 0.15) is 6.54 Å². The van der Waals surface area contributed by atoms with Crippen LogP contribution in [0.3, 0.4) is 0 Å². The first kappa shape index (κ1) is 22.7. The maximum absolute atomic E-state index is 12.6. The minimum atomic E-state index is -4.45. The number of nitrogens with zero attached hydrogens (tertiary/aromatic N) is 2. The van der Waals surface area contributed by atoms with Gasteiger partial charge in [0.15, 0.2) is 0 Å². The Bertz CT molecular complexity index is 674. The number of nitrogens with one attached hydrogen (secondary N) is 1. The Hall–Kier alpha value is -2.33. The zero-order valence-electron chi connectivity index (χ0n) is 14.2. The number of hydrogen-bond acceptors (Lipinski definition) is 4. The number of alkyl halides is 3. The third-order valence-corrected chi connectivity index (χ3v) is 3.92. The van der Waals surface area contributed by atoms with Gasteiger partial charge in [-0.25, -0.2) is 0 Å². The first-order valence-electron chi connectivity index (χ1n) is 7.84. The molecule has 7 nitrogen and oxygen atoms in total. The van der Waals surface area contributed by atoms with Gasteiger partial charge >= 0.3 is 12.1 Å². The summed E-state index contributed by atoms with van der Waals surface area (Å²) in [5.41, 5.74) is -0.642. The highest BCUT2D eigenvalue weighted by molar-refractivity contribution is 5.94. The molecular weight excluding hydrogens is 391 g/mol. The summed E-state index contributed by atoms with van der Waals surface area (Å²) in [4.78, 5) is 37.6. The number of carboxylic acids is 1. The van der Waals surface area contributed by atoms with Gasteiger partial charge in [-0.15, -0.1) is 12.4 Å². The molecule has 2 N–H and O–H groups in total. The number of carboxylic acid groups (broad SMARTS) is 1. The second-order valence-corrected chi connectivity index (χ2v) is 5.81. The van der Waals surface area contributed by atoms with Crippen LogP contribution < -0.4 is 5.32 Å². The smallest absolute Gasteiger partial charge is 0.416 e. The van der Waals surface area contributed by atoms with Crippen molar-refractivity contribution < 1.29 is 32.7 Å². The molecule has 27 heavy (non-hydrogen) atoms. The molecule has 0 bridgehead atoms. The van der Waals surface area contributed by atoms with E-state index in [0.29, 0.717) is 26.2 Å². The van der Waals surface area contributed by atoms with Crippen molar-refractivity contribution in [3.05, 3.63) is 35.4 Å². The first-order chi connectivity index (χ1) is 12.2. The van der Waals surface area contributed by atoms with Crippen LogP contribution in [0.2, 0.25) is 0 Å². The fourth-order valence-corrected chi connectivity index (χ4v) is 2.53. The highest BCUT2D eigenvalue weighted by atomic mass is 35.5. The Balaban J connectivity index is 0.00000364. The third kappa shape index (κ3) is 6.72. The van der Waals surface area contributed by atoms with E-state index in [0.717, 1.165) is 24.3 Å². The predicted molar refractivity (Wildman–Crippen MR) is 91.7 cm³/mol. The Morgan fingerprint density at radius 2 is 1.59 bits per heavy atom. The van der Waals surface area contributed by atoms with E-state index < -0.39 is 30.2 Å². The number of hydrogen-bond donors (Lipinski definition) is 2. The van der Waals surface area contributed by atoms with Crippen LogP contribution in [-0.2, 0) is 15.8 Å². The van der Waals surface area contributed by atoms with Gasteiger partial charge < -0.3 is 15.3 Å². The largest absolute Gasteiger partial charge is 0.480 e. The molecule has 0 unspecified atom stereocenters. The highest BCUT2D eigenvalue weighted by Crippen LogP contribution is 2.29. The van der Waals surface area contributed by atoms with Gasteiger partial charge in [-0.1, -0.05) is 0 Å². The van der Waals surface area contributed by atoms with Crippen LogP contribution in [0.1, 0.15) is 15.9 Å². The van der Waals surface area contributed by atoms with E-state index in [1.54, 1.807) is 4.90 Å². The van der Waals surface area contributed by atoms with Gasteiger partial charge in [0.2, 0.25) is 5.91 Å². The van der Waals surface area contributed by atoms with Crippen molar-refractivity contribution in [2.24, 2.45) is 0 Å². The summed E-state index contributed by atoms with van der Waals surface area (Å²) < 4.78 is 37.7. The zero-order chi connectivity index (χ0) is 19.3. The Kier molecular flexibility index (Phi) is 8.04. The minimum absolute atomic E-state index is 0. The SMILES string of the molecule is Cl.O=C(O)CNC(=O)CN1CCN(C(=O)c2ccc(C(F)(F)F)cc2)CC1. The summed E-state index contributed by atoms with van der Waals surface area (Å²) in [6, 6.07) is 4.04. The van der Waals surface area contributed by atoms with Gasteiger partial charge in [0.25, 0.3) is 5.91 Å². The lowest BCUT2D eigenvalue weighted by molar-refractivity contribution is -0.138. The molecule has 11 heteroatoms. The standard InChI is InChI=1S/C16H18F3N3O4.ClH/c17-16(18,19)12-3-1-11(2-4-12)15(26)22-7-5-21(6-8-22)10-13(23)20-9-14(24)25;/h1-4H,5-10H2,(H,20,23)(H,24,25);1H. The highest BCUT2D eigenvalue weighted by Gasteiger charge is 2.30. The summed E-state index contributed by atoms with van der Waals surface area (Å²) in [5.74, 6) is -1.92. The quantitative estimate of drug-likeness (QED) is 0.759. The second-order valence-electron chi connectivity index (χ2n) is 5.81. The molecule has 1 aliphatic heterocycles. The molecule has 0 aliphatic carbocycles. The van der Waals surface area contributed by atoms with Crippen LogP contribution in [0.15, 0.2) is 24.3 Å². The van der Waals surface area contributed by atoms with Crippen molar-refractivity contribution >= 4 is 30.2 Å². The number of rotatable bonds is 5. The molecule has 2 rings (SSSR count). The molecule has 1 aromatic carbocycles. The number of aliphatic carboxylic acids is 1. The van der Waals surface area contributed by atoms with Crippen molar-refractivity contribution in [2.45, 2.75) is 6.18 Å². The van der Waals surface area contributed by atoms with E-state index in [4.69, 9.17) is 5.11 Å². The molecule has 150 valence electrons. The van der Waals surface area contributed by atoms with Crippen LogP contribution in [0.4, 0.5) is 13.2 Å². The molecule has 0 radical (unpaired) electrons. The zero-order valence-corrected chi connectivity index (χ0v) is 15.0. The van der Waals surface area contributed by atoms with Crippen LogP contribution in [0.5, 0.6) is 0 Å². The Morgan fingerprint density at radius 3 is 2.07 bits per heavy atom. The molecule has 0 spiro atoms. The molecule has 0 aromatic heterocycles. The maximum Gasteiger partial charge on any atom is 0.416 e. The number of piperazine rings is 1. The number of halogens is 4. The van der Waals surface area contributed by atoms with Gasteiger partial charge in [-0.3, -0.25) is 19.3 Å². The van der Waals surface area contributed by atoms with E-state index in [2.05, 4.69) is 5.32 Å². The first-order valence-corrected chi connectivity index (χ1v) is 7.84. The summed E-state index contributed by atoms with van der Waals surface area (Å²) >= 11 is 0. The molecule has 2 amide bonds. The lowest BCUT2D eigenvalue weighted by Crippen LogP contribution is -2.51. The van der Waals surface area contributed by atoms with Crippen molar-refractivity contribution in [1.29, 1.82) is 0 Å². The molecule has 1 heterocycles. The number of benzene rings is 1. The lowest BCUT2D eigenvalue weighted by Gasteiger charge is -2.34. The fraction of sp³-hybridized carbons (Fsp3) is 0.438. The van der Waals surface area contributed by atoms with Gasteiger partial charge in [-0.05, 0) is 24.3 Å². The third-order valence-electron chi connectivity index (χ3n) is 3.92. The summed E-state index contributed by atoms with van der Waals surface area (Å²) in [5, 5.41) is 10.8. The molecular formula is C16H19ClF3N3O4. The molecule has 1 aromatic rings. The summed E-state index contributed by atoms with van der Waals surface area (Å²) in [6.07, 6.45) is -4.45. The number of amides is 2. The molecule has 1 saturated heterocycles. The summed E-state index contributed by atoms with van der Waals surface area (Å²) in [7, 11) is 0. The van der Waals surface area contributed by atoms with Crippen molar-refractivity contribution in [2.75, 3.05) is 39.3 Å². The predicted octanol–water partition coefficient (Wildman–Crippen LogP) is 1.09. The van der Waals surface area contributed by atoms with Gasteiger partial charge in [-0.2, -0.15) is 13.2 Å². The number of carbonyl (C=O) groups excluding carboxylic acids is 2. The molecule has 0 atom stereocenters. The van der Waals surface area contributed by atoms with E-state index in [1.165, 1.54) is 4.90 Å². The fourth-order valence-electron chi connectivity index (χ4n) is 2.53. The lowest BCUT2D eigenvalue weighted by atomic mass is 10.1. The maximum atomic E-state index is 12.6. The minimum Gasteiger partial charge on any atom is -0.480 e. The monoisotopic (exact) mass is 409 g/mol. The van der Waals surface area contributed by atoms with Crippen LogP contribution in [0.25, 0.3) is 0 Å². The molecule has 1 aliphatic rings. The normalized spacial score (nSPS) is 15.0. The van der Waals surface area contributed by atoms with Crippen molar-refractivity contribution in [3.8, 4) is 0 Å². The van der Waals surface area contributed by atoms with Crippen LogP contribution in [0, 0.1) is 0 Å².